The summed E-state index contributed by atoms with van der Waals surface area (Å²) in [5, 5.41) is 5.50. The number of carbonyl (C=O) groups excluding carboxylic acids is 2. The molecule has 1 atom stereocenters. The van der Waals surface area contributed by atoms with Crippen molar-refractivity contribution in [3.05, 3.63) is 48.0 Å². The van der Waals surface area contributed by atoms with Gasteiger partial charge in [-0.25, -0.2) is 0 Å². The van der Waals surface area contributed by atoms with E-state index >= 15 is 0 Å². The molecule has 144 valence electrons. The predicted molar refractivity (Wildman–Crippen MR) is 102 cm³/mol. The molecule has 2 aromatic rings. The summed E-state index contributed by atoms with van der Waals surface area (Å²) in [6.45, 7) is 3.45. The molecule has 0 aliphatic carbocycles. The Bertz CT molecular complexity index is 789. The smallest absolute Gasteiger partial charge is 0.261 e. The molecule has 0 aromatic heterocycles. The van der Waals surface area contributed by atoms with Gasteiger partial charge in [-0.3, -0.25) is 9.59 Å². The monoisotopic (exact) mass is 372 g/mol. The summed E-state index contributed by atoms with van der Waals surface area (Å²) in [7, 11) is 3.13. The first-order valence-electron chi connectivity index (χ1n) is 8.46. The summed E-state index contributed by atoms with van der Waals surface area (Å²) >= 11 is 0. The minimum atomic E-state index is -0.670. The number of methoxy groups -OCH3 is 2. The molecule has 0 spiro atoms. The van der Waals surface area contributed by atoms with Crippen molar-refractivity contribution in [2.45, 2.75) is 26.5 Å². The molecule has 0 bridgehead atoms. The van der Waals surface area contributed by atoms with Crippen molar-refractivity contribution in [1.29, 1.82) is 0 Å². The molecule has 0 radical (unpaired) electrons. The summed E-state index contributed by atoms with van der Waals surface area (Å²) in [5.41, 5.74) is 1.55. The highest BCUT2D eigenvalue weighted by Gasteiger charge is 2.15. The normalized spacial score (nSPS) is 11.3. The average Bonchev–Trinajstić information content (AvgIpc) is 2.66. The number of hydrogen-bond donors (Lipinski definition) is 2. The Morgan fingerprint density at radius 3 is 2.26 bits per heavy atom. The minimum Gasteiger partial charge on any atom is -0.493 e. The van der Waals surface area contributed by atoms with Gasteiger partial charge < -0.3 is 24.8 Å². The van der Waals surface area contributed by atoms with Crippen LogP contribution in [0.3, 0.4) is 0 Å². The molecule has 0 aliphatic rings. The first-order valence-corrected chi connectivity index (χ1v) is 8.46. The molecular weight excluding hydrogens is 348 g/mol. The van der Waals surface area contributed by atoms with Crippen molar-refractivity contribution in [2.24, 2.45) is 0 Å². The van der Waals surface area contributed by atoms with Crippen molar-refractivity contribution >= 4 is 17.5 Å². The number of anilines is 1. The maximum Gasteiger partial charge on any atom is 0.261 e. The molecule has 0 aliphatic heterocycles. The van der Waals surface area contributed by atoms with E-state index in [4.69, 9.17) is 14.2 Å². The lowest BCUT2D eigenvalue weighted by Gasteiger charge is -2.15. The van der Waals surface area contributed by atoms with Crippen molar-refractivity contribution in [3.8, 4) is 17.2 Å². The molecule has 0 saturated carbocycles. The van der Waals surface area contributed by atoms with E-state index in [2.05, 4.69) is 10.6 Å². The Labute approximate surface area is 158 Å². The molecule has 2 N–H and O–H groups in total. The fourth-order valence-electron chi connectivity index (χ4n) is 2.40. The van der Waals surface area contributed by atoms with Gasteiger partial charge in [0.2, 0.25) is 5.91 Å². The van der Waals surface area contributed by atoms with Gasteiger partial charge in [0, 0.05) is 19.2 Å². The summed E-state index contributed by atoms with van der Waals surface area (Å²) < 4.78 is 16.1. The summed E-state index contributed by atoms with van der Waals surface area (Å²) in [5.74, 6) is 1.39. The van der Waals surface area contributed by atoms with E-state index in [0.717, 1.165) is 5.56 Å². The molecule has 1 unspecified atom stereocenters. The lowest BCUT2D eigenvalue weighted by molar-refractivity contribution is -0.127. The molecule has 7 nitrogen and oxygen atoms in total. The first-order chi connectivity index (χ1) is 12.9. The van der Waals surface area contributed by atoms with Crippen molar-refractivity contribution < 1.29 is 23.8 Å². The van der Waals surface area contributed by atoms with Crippen molar-refractivity contribution in [1.82, 2.24) is 5.32 Å². The third kappa shape index (κ3) is 5.91. The maximum atomic E-state index is 12.3. The van der Waals surface area contributed by atoms with Gasteiger partial charge in [0.1, 0.15) is 5.75 Å². The molecule has 0 heterocycles. The van der Waals surface area contributed by atoms with E-state index in [1.807, 2.05) is 12.1 Å². The number of benzene rings is 2. The Balaban J connectivity index is 1.89. The molecule has 2 aromatic carbocycles. The molecule has 7 heteroatoms. The van der Waals surface area contributed by atoms with Crippen LogP contribution in [0.25, 0.3) is 0 Å². The Morgan fingerprint density at radius 1 is 1.00 bits per heavy atom. The van der Waals surface area contributed by atoms with Crippen molar-refractivity contribution in [2.75, 3.05) is 19.5 Å². The lowest BCUT2D eigenvalue weighted by atomic mass is 10.2. The largest absolute Gasteiger partial charge is 0.493 e. The molecule has 0 saturated heterocycles. The van der Waals surface area contributed by atoms with Crippen LogP contribution in [0, 0.1) is 0 Å². The maximum absolute atomic E-state index is 12.3. The Kier molecular flexibility index (Phi) is 7.05. The van der Waals surface area contributed by atoms with Gasteiger partial charge in [-0.1, -0.05) is 6.07 Å². The average molecular weight is 372 g/mol. The summed E-state index contributed by atoms with van der Waals surface area (Å²) in [6.07, 6.45) is -0.670. The molecule has 2 rings (SSSR count). The van der Waals surface area contributed by atoms with Crippen LogP contribution in [0.4, 0.5) is 5.69 Å². The van der Waals surface area contributed by atoms with E-state index in [9.17, 15) is 9.59 Å². The summed E-state index contributed by atoms with van der Waals surface area (Å²) in [4.78, 5) is 23.3. The topological polar surface area (TPSA) is 85.9 Å². The van der Waals surface area contributed by atoms with Gasteiger partial charge in [-0.15, -0.1) is 0 Å². The van der Waals surface area contributed by atoms with E-state index in [1.54, 1.807) is 51.5 Å². The van der Waals surface area contributed by atoms with Gasteiger partial charge in [0.25, 0.3) is 5.91 Å². The predicted octanol–water partition coefficient (Wildman–Crippen LogP) is 2.75. The highest BCUT2D eigenvalue weighted by Crippen LogP contribution is 2.27. The van der Waals surface area contributed by atoms with Crippen LogP contribution in [-0.4, -0.2) is 32.1 Å². The minimum absolute atomic E-state index is 0.147. The second-order valence-electron chi connectivity index (χ2n) is 5.87. The van der Waals surface area contributed by atoms with Crippen LogP contribution < -0.4 is 24.8 Å². The second kappa shape index (κ2) is 9.47. The number of carbonyl (C=O) groups is 2. The van der Waals surface area contributed by atoms with Crippen LogP contribution in [0.5, 0.6) is 17.2 Å². The van der Waals surface area contributed by atoms with Gasteiger partial charge in [-0.05, 0) is 48.9 Å². The van der Waals surface area contributed by atoms with Crippen LogP contribution in [-0.2, 0) is 16.1 Å². The van der Waals surface area contributed by atoms with Gasteiger partial charge in [0.15, 0.2) is 17.6 Å². The zero-order valence-electron chi connectivity index (χ0n) is 15.9. The standard InChI is InChI=1S/C20H24N2O5/c1-13(27-17-8-6-16(7-9-17)22-14(2)23)20(24)21-12-15-5-10-18(25-3)19(11-15)26-4/h5-11,13H,12H2,1-4H3,(H,21,24)(H,22,23). The lowest BCUT2D eigenvalue weighted by Crippen LogP contribution is -2.35. The zero-order valence-corrected chi connectivity index (χ0v) is 15.9. The Hall–Kier alpha value is -3.22. The SMILES string of the molecule is COc1ccc(CNC(=O)C(C)Oc2ccc(NC(C)=O)cc2)cc1OC. The fourth-order valence-corrected chi connectivity index (χ4v) is 2.40. The number of ether oxygens (including phenoxy) is 3. The summed E-state index contributed by atoms with van der Waals surface area (Å²) in [6, 6.07) is 12.3. The highest BCUT2D eigenvalue weighted by atomic mass is 16.5. The third-order valence-corrected chi connectivity index (χ3v) is 3.77. The van der Waals surface area contributed by atoms with Crippen LogP contribution in [0.1, 0.15) is 19.4 Å². The quantitative estimate of drug-likeness (QED) is 0.744. The first kappa shape index (κ1) is 20.1. The highest BCUT2D eigenvalue weighted by molar-refractivity contribution is 5.88. The van der Waals surface area contributed by atoms with Gasteiger partial charge in [0.05, 0.1) is 14.2 Å². The molecule has 27 heavy (non-hydrogen) atoms. The zero-order chi connectivity index (χ0) is 19.8. The van der Waals surface area contributed by atoms with Crippen molar-refractivity contribution in [3.63, 3.8) is 0 Å². The van der Waals surface area contributed by atoms with Gasteiger partial charge in [-0.2, -0.15) is 0 Å². The van der Waals surface area contributed by atoms with Gasteiger partial charge >= 0.3 is 0 Å². The van der Waals surface area contributed by atoms with Crippen LogP contribution in [0.15, 0.2) is 42.5 Å². The number of rotatable bonds is 8. The van der Waals surface area contributed by atoms with E-state index in [1.165, 1.54) is 6.92 Å². The Morgan fingerprint density at radius 2 is 1.67 bits per heavy atom. The number of hydrogen-bond acceptors (Lipinski definition) is 5. The molecular formula is C20H24N2O5. The number of amides is 2. The van der Waals surface area contributed by atoms with E-state index in [-0.39, 0.29) is 11.8 Å². The molecule has 0 fully saturated rings. The fraction of sp³-hybridized carbons (Fsp3) is 0.300. The molecule has 2 amide bonds. The number of nitrogens with one attached hydrogen (secondary N) is 2. The second-order valence-corrected chi connectivity index (χ2v) is 5.87. The van der Waals surface area contributed by atoms with E-state index in [0.29, 0.717) is 29.5 Å². The third-order valence-electron chi connectivity index (χ3n) is 3.77. The van der Waals surface area contributed by atoms with Crippen LogP contribution in [0.2, 0.25) is 0 Å². The van der Waals surface area contributed by atoms with Crippen LogP contribution >= 0.6 is 0 Å². The van der Waals surface area contributed by atoms with E-state index < -0.39 is 6.10 Å².